The van der Waals surface area contributed by atoms with Crippen LogP contribution < -0.4 is 16.0 Å². The number of aromatic nitrogens is 2. The van der Waals surface area contributed by atoms with Gasteiger partial charge in [-0.1, -0.05) is 24.9 Å². The first kappa shape index (κ1) is 29.8. The number of amides is 4. The molecule has 3 fully saturated rings. The maximum Gasteiger partial charge on any atom is 0.410 e. The molecule has 5 rings (SSSR count). The Hall–Kier alpha value is -3.68. The third kappa shape index (κ3) is 6.69. The number of hydrogen-bond acceptors (Lipinski definition) is 7. The summed E-state index contributed by atoms with van der Waals surface area (Å²) in [5.74, 6) is -0.175. The van der Waals surface area contributed by atoms with E-state index in [0.717, 1.165) is 49.0 Å². The number of urea groups is 1. The summed E-state index contributed by atoms with van der Waals surface area (Å²) in [6.07, 6.45) is 3.53. The van der Waals surface area contributed by atoms with Gasteiger partial charge in [-0.3, -0.25) is 9.59 Å². The van der Waals surface area contributed by atoms with Crippen LogP contribution in [0.1, 0.15) is 79.0 Å². The molecule has 3 N–H and O–H groups in total. The van der Waals surface area contributed by atoms with E-state index >= 15 is 0 Å². The number of rotatable bonds is 10. The Bertz CT molecular complexity index is 1290. The van der Waals surface area contributed by atoms with E-state index in [1.165, 1.54) is 25.6 Å². The third-order valence-corrected chi connectivity index (χ3v) is 8.38. The van der Waals surface area contributed by atoms with Crippen LogP contribution in [0.15, 0.2) is 29.1 Å². The number of nitrogens with zero attached hydrogens (tertiary/aromatic N) is 3. The van der Waals surface area contributed by atoms with Crippen LogP contribution >= 0.6 is 0 Å². The first-order valence-electron chi connectivity index (χ1n) is 14.2. The van der Waals surface area contributed by atoms with E-state index in [4.69, 9.17) is 9.26 Å². The zero-order valence-electron chi connectivity index (χ0n) is 23.4. The van der Waals surface area contributed by atoms with E-state index in [1.807, 2.05) is 5.32 Å². The molecule has 0 radical (unpaired) electrons. The lowest BCUT2D eigenvalue weighted by Crippen LogP contribution is -2.49. The Labute approximate surface area is 240 Å². The predicted molar refractivity (Wildman–Crippen MR) is 143 cm³/mol. The smallest absolute Gasteiger partial charge is 0.382 e. The van der Waals surface area contributed by atoms with Gasteiger partial charge < -0.3 is 30.1 Å². The highest BCUT2D eigenvalue weighted by Gasteiger charge is 2.48. The monoisotopic (exact) mass is 592 g/mol. The largest absolute Gasteiger partial charge is 0.410 e. The number of methoxy groups -OCH3 is 1. The van der Waals surface area contributed by atoms with Gasteiger partial charge >= 0.3 is 12.2 Å². The standard InChI is InChI=1S/C28H35F3N6O5/c1-15-3-5-17(6-4-15)23(35-26(39)24-19(13-42-36-24)16-7-8-16)25(38)34-22-11-18(9-10-32-22)20(14-41-2)37-12-21(28(29,30)31)33-27(37)40/h9-11,13,15-17,20-21,23H,3-8,12,14H2,1-2H3,(H,33,40)(H,35,39)(H,32,34,38)/t15?,17?,20?,21-,23+/m0/s1. The van der Waals surface area contributed by atoms with Gasteiger partial charge in [-0.05, 0) is 61.1 Å². The Balaban J connectivity index is 1.34. The quantitative estimate of drug-likeness (QED) is 0.377. The molecule has 0 spiro atoms. The zero-order chi connectivity index (χ0) is 30.0. The minimum atomic E-state index is -4.60. The van der Waals surface area contributed by atoms with Crippen molar-refractivity contribution < 1.29 is 36.8 Å². The summed E-state index contributed by atoms with van der Waals surface area (Å²) in [4.78, 5) is 44.7. The summed E-state index contributed by atoms with van der Waals surface area (Å²) >= 11 is 0. The number of pyridine rings is 1. The fourth-order valence-corrected chi connectivity index (χ4v) is 5.79. The molecule has 1 unspecified atom stereocenters. The molecule has 3 atom stereocenters. The fourth-order valence-electron chi connectivity index (χ4n) is 5.79. The van der Waals surface area contributed by atoms with Gasteiger partial charge in [0.05, 0.1) is 19.2 Å². The van der Waals surface area contributed by atoms with Gasteiger partial charge in [0.15, 0.2) is 5.69 Å². The molecule has 14 heteroatoms. The van der Waals surface area contributed by atoms with Crippen LogP contribution in [-0.2, 0) is 9.53 Å². The molecule has 2 saturated carbocycles. The minimum absolute atomic E-state index is 0.0740. The van der Waals surface area contributed by atoms with Crippen molar-refractivity contribution in [3.8, 4) is 0 Å². The lowest BCUT2D eigenvalue weighted by atomic mass is 9.79. The summed E-state index contributed by atoms with van der Waals surface area (Å²) in [5, 5.41) is 11.5. The van der Waals surface area contributed by atoms with E-state index in [0.29, 0.717) is 11.5 Å². The highest BCUT2D eigenvalue weighted by Crippen LogP contribution is 2.41. The van der Waals surface area contributed by atoms with E-state index in [2.05, 4.69) is 27.7 Å². The molecular weight excluding hydrogens is 557 g/mol. The average Bonchev–Trinajstić information content (AvgIpc) is 3.53. The van der Waals surface area contributed by atoms with Gasteiger partial charge in [0, 0.05) is 18.9 Å². The van der Waals surface area contributed by atoms with Crippen molar-refractivity contribution in [2.75, 3.05) is 25.6 Å². The van der Waals surface area contributed by atoms with Gasteiger partial charge in [0.1, 0.15) is 24.2 Å². The van der Waals surface area contributed by atoms with Gasteiger partial charge in [-0.15, -0.1) is 0 Å². The summed E-state index contributed by atoms with van der Waals surface area (Å²) < 4.78 is 50.2. The van der Waals surface area contributed by atoms with Crippen LogP contribution in [0, 0.1) is 11.8 Å². The Morgan fingerprint density at radius 3 is 2.60 bits per heavy atom. The second-order valence-electron chi connectivity index (χ2n) is 11.5. The molecule has 1 saturated heterocycles. The van der Waals surface area contributed by atoms with Crippen LogP contribution in [0.2, 0.25) is 0 Å². The maximum atomic E-state index is 13.7. The summed E-state index contributed by atoms with van der Waals surface area (Å²) in [6.45, 7) is 1.50. The normalized spacial score (nSPS) is 24.2. The second kappa shape index (κ2) is 12.3. The van der Waals surface area contributed by atoms with Crippen molar-refractivity contribution in [1.82, 2.24) is 25.7 Å². The zero-order valence-corrected chi connectivity index (χ0v) is 23.4. The van der Waals surface area contributed by atoms with E-state index in [1.54, 1.807) is 6.07 Å². The number of carbonyl (C=O) groups is 3. The lowest BCUT2D eigenvalue weighted by Gasteiger charge is -2.32. The number of ether oxygens (including phenoxy) is 1. The molecule has 0 bridgehead atoms. The van der Waals surface area contributed by atoms with Crippen molar-refractivity contribution in [1.29, 1.82) is 0 Å². The molecule has 42 heavy (non-hydrogen) atoms. The summed E-state index contributed by atoms with van der Waals surface area (Å²) in [5.41, 5.74) is 1.35. The van der Waals surface area contributed by atoms with Gasteiger partial charge in [-0.2, -0.15) is 13.2 Å². The van der Waals surface area contributed by atoms with Crippen LogP contribution in [0.3, 0.4) is 0 Å². The topological polar surface area (TPSA) is 139 Å². The van der Waals surface area contributed by atoms with E-state index in [9.17, 15) is 27.6 Å². The second-order valence-corrected chi connectivity index (χ2v) is 11.5. The number of hydrogen-bond donors (Lipinski definition) is 3. The van der Waals surface area contributed by atoms with E-state index < -0.39 is 48.7 Å². The molecule has 3 heterocycles. The highest BCUT2D eigenvalue weighted by atomic mass is 19.4. The molecule has 0 aromatic carbocycles. The first-order valence-corrected chi connectivity index (χ1v) is 14.2. The molecule has 1 aliphatic heterocycles. The van der Waals surface area contributed by atoms with Gasteiger partial charge in [0.25, 0.3) is 5.91 Å². The molecule has 228 valence electrons. The Morgan fingerprint density at radius 1 is 1.21 bits per heavy atom. The fraction of sp³-hybridized carbons (Fsp3) is 0.607. The molecular formula is C28H35F3N6O5. The molecule has 2 aromatic rings. The Morgan fingerprint density at radius 2 is 1.95 bits per heavy atom. The molecule has 11 nitrogen and oxygen atoms in total. The molecule has 2 aromatic heterocycles. The van der Waals surface area contributed by atoms with Crippen LogP contribution in [-0.4, -0.2) is 71.4 Å². The SMILES string of the molecule is COCC(c1ccnc(NC(=O)[C@H](NC(=O)c2nocc2C2CC2)C2CCC(C)CC2)c1)N1C[C@@H](C(F)(F)F)NC1=O. The van der Waals surface area contributed by atoms with E-state index in [-0.39, 0.29) is 30.0 Å². The van der Waals surface area contributed by atoms with Crippen molar-refractivity contribution in [2.45, 2.75) is 75.7 Å². The van der Waals surface area contributed by atoms with Crippen LogP contribution in [0.25, 0.3) is 0 Å². The van der Waals surface area contributed by atoms with Crippen molar-refractivity contribution in [3.63, 3.8) is 0 Å². The lowest BCUT2D eigenvalue weighted by molar-refractivity contribution is -0.150. The van der Waals surface area contributed by atoms with Crippen molar-refractivity contribution in [3.05, 3.63) is 41.4 Å². The number of halogens is 3. The van der Waals surface area contributed by atoms with Gasteiger partial charge in [0.2, 0.25) is 5.91 Å². The highest BCUT2D eigenvalue weighted by molar-refractivity contribution is 6.01. The maximum absolute atomic E-state index is 13.7. The predicted octanol–water partition coefficient (Wildman–Crippen LogP) is 4.15. The molecule has 2 aliphatic carbocycles. The third-order valence-electron chi connectivity index (χ3n) is 8.38. The van der Waals surface area contributed by atoms with Crippen LogP contribution in [0.5, 0.6) is 0 Å². The molecule has 3 aliphatic rings. The summed E-state index contributed by atoms with van der Waals surface area (Å²) in [7, 11) is 1.38. The van der Waals surface area contributed by atoms with Crippen LogP contribution in [0.4, 0.5) is 23.8 Å². The van der Waals surface area contributed by atoms with Gasteiger partial charge in [-0.25, -0.2) is 9.78 Å². The number of alkyl halides is 3. The Kier molecular flexibility index (Phi) is 8.71. The number of nitrogens with one attached hydrogen (secondary N) is 3. The molecule has 4 amide bonds. The number of anilines is 1. The number of carbonyl (C=O) groups excluding carboxylic acids is 3. The average molecular weight is 593 g/mol. The van der Waals surface area contributed by atoms with Crippen molar-refractivity contribution >= 4 is 23.7 Å². The first-order chi connectivity index (χ1) is 20.0. The minimum Gasteiger partial charge on any atom is -0.382 e. The summed E-state index contributed by atoms with van der Waals surface area (Å²) in [6, 6.07) is -1.54. The van der Waals surface area contributed by atoms with Crippen molar-refractivity contribution in [2.24, 2.45) is 11.8 Å².